The standard InChI is InChI=1S/C14H15ClN2O2/c1-9-10-5-3-4-6-11(10)16-12(14(9)15)7-17(2)8-13(18)19/h3-6H,7-8H2,1-2H3,(H,18,19). The molecule has 1 heterocycles. The summed E-state index contributed by atoms with van der Waals surface area (Å²) < 4.78 is 0. The molecule has 5 heteroatoms. The molecule has 2 aromatic rings. The molecule has 0 aliphatic carbocycles. The van der Waals surface area contributed by atoms with Gasteiger partial charge in [-0.25, -0.2) is 4.98 Å². The van der Waals surface area contributed by atoms with Gasteiger partial charge in [0, 0.05) is 11.9 Å². The summed E-state index contributed by atoms with van der Waals surface area (Å²) in [5.74, 6) is -0.865. The smallest absolute Gasteiger partial charge is 0.317 e. The Morgan fingerprint density at radius 2 is 2.11 bits per heavy atom. The number of benzene rings is 1. The van der Waals surface area contributed by atoms with Gasteiger partial charge < -0.3 is 5.11 Å². The van der Waals surface area contributed by atoms with Crippen LogP contribution >= 0.6 is 11.6 Å². The third kappa shape index (κ3) is 3.03. The predicted octanol–water partition coefficient (Wildman–Crippen LogP) is 2.71. The highest BCUT2D eigenvalue weighted by atomic mass is 35.5. The van der Waals surface area contributed by atoms with Crippen LogP contribution in [-0.2, 0) is 11.3 Å². The molecule has 0 aliphatic heterocycles. The first-order valence-corrected chi connectivity index (χ1v) is 6.31. The molecular formula is C14H15ClN2O2. The molecule has 100 valence electrons. The van der Waals surface area contributed by atoms with Crippen LogP contribution in [0.5, 0.6) is 0 Å². The van der Waals surface area contributed by atoms with Crippen molar-refractivity contribution in [2.45, 2.75) is 13.5 Å². The zero-order chi connectivity index (χ0) is 14.0. The van der Waals surface area contributed by atoms with Gasteiger partial charge in [0.25, 0.3) is 0 Å². The molecule has 0 unspecified atom stereocenters. The summed E-state index contributed by atoms with van der Waals surface area (Å²) in [5, 5.41) is 10.4. The van der Waals surface area contributed by atoms with Gasteiger partial charge in [-0.05, 0) is 25.6 Å². The summed E-state index contributed by atoms with van der Waals surface area (Å²) in [4.78, 5) is 16.9. The number of aromatic nitrogens is 1. The second-order valence-electron chi connectivity index (χ2n) is 4.58. The fraction of sp³-hybridized carbons (Fsp3) is 0.286. The van der Waals surface area contributed by atoms with E-state index in [1.807, 2.05) is 31.2 Å². The Bertz CT molecular complexity index is 628. The quantitative estimate of drug-likeness (QED) is 0.934. The van der Waals surface area contributed by atoms with Gasteiger partial charge in [-0.15, -0.1) is 0 Å². The molecule has 1 aromatic carbocycles. The van der Waals surface area contributed by atoms with Gasteiger partial charge in [-0.2, -0.15) is 0 Å². The van der Waals surface area contributed by atoms with Gasteiger partial charge in [-0.3, -0.25) is 9.69 Å². The number of carboxylic acids is 1. The molecule has 0 bridgehead atoms. The number of hydrogen-bond donors (Lipinski definition) is 1. The molecule has 1 aromatic heterocycles. The minimum atomic E-state index is -0.865. The fourth-order valence-corrected chi connectivity index (χ4v) is 2.27. The Kier molecular flexibility index (Phi) is 4.02. The van der Waals surface area contributed by atoms with Crippen LogP contribution in [0.2, 0.25) is 5.02 Å². The van der Waals surface area contributed by atoms with E-state index in [-0.39, 0.29) is 6.54 Å². The highest BCUT2D eigenvalue weighted by Crippen LogP contribution is 2.27. The first kappa shape index (κ1) is 13.8. The van der Waals surface area contributed by atoms with Crippen LogP contribution in [0.15, 0.2) is 24.3 Å². The number of rotatable bonds is 4. The van der Waals surface area contributed by atoms with Crippen LogP contribution in [0.1, 0.15) is 11.3 Å². The van der Waals surface area contributed by atoms with Crippen LogP contribution in [0.3, 0.4) is 0 Å². The van der Waals surface area contributed by atoms with E-state index in [9.17, 15) is 4.79 Å². The molecule has 1 N–H and O–H groups in total. The second kappa shape index (κ2) is 5.55. The third-order valence-corrected chi connectivity index (χ3v) is 3.47. The lowest BCUT2D eigenvalue weighted by Gasteiger charge is -2.16. The van der Waals surface area contributed by atoms with E-state index in [0.29, 0.717) is 17.3 Å². The monoisotopic (exact) mass is 278 g/mol. The van der Waals surface area contributed by atoms with Crippen LogP contribution in [0.25, 0.3) is 10.9 Å². The third-order valence-electron chi connectivity index (χ3n) is 2.97. The van der Waals surface area contributed by atoms with Crippen molar-refractivity contribution in [1.29, 1.82) is 0 Å². The van der Waals surface area contributed by atoms with Crippen LogP contribution in [-0.4, -0.2) is 34.6 Å². The molecular weight excluding hydrogens is 264 g/mol. The lowest BCUT2D eigenvalue weighted by atomic mass is 10.1. The van der Waals surface area contributed by atoms with Gasteiger partial charge in [-0.1, -0.05) is 29.8 Å². The summed E-state index contributed by atoms with van der Waals surface area (Å²) in [6.07, 6.45) is 0. The zero-order valence-corrected chi connectivity index (χ0v) is 11.6. The highest BCUT2D eigenvalue weighted by Gasteiger charge is 2.13. The lowest BCUT2D eigenvalue weighted by molar-refractivity contribution is -0.138. The Balaban J connectivity index is 2.38. The van der Waals surface area contributed by atoms with E-state index in [2.05, 4.69) is 4.98 Å². The van der Waals surface area contributed by atoms with Gasteiger partial charge >= 0.3 is 5.97 Å². The van der Waals surface area contributed by atoms with E-state index in [0.717, 1.165) is 16.5 Å². The van der Waals surface area contributed by atoms with Gasteiger partial charge in [0.05, 0.1) is 22.8 Å². The zero-order valence-electron chi connectivity index (χ0n) is 10.9. The van der Waals surface area contributed by atoms with E-state index in [1.54, 1.807) is 11.9 Å². The van der Waals surface area contributed by atoms with E-state index in [4.69, 9.17) is 16.7 Å². The summed E-state index contributed by atoms with van der Waals surface area (Å²) in [5.41, 5.74) is 2.57. The minimum Gasteiger partial charge on any atom is -0.480 e. The number of aryl methyl sites for hydroxylation is 1. The SMILES string of the molecule is Cc1c(Cl)c(CN(C)CC(=O)O)nc2ccccc12. The maximum absolute atomic E-state index is 10.7. The number of hydrogen-bond acceptors (Lipinski definition) is 3. The lowest BCUT2D eigenvalue weighted by Crippen LogP contribution is -2.25. The number of nitrogens with zero attached hydrogens (tertiary/aromatic N) is 2. The number of fused-ring (bicyclic) bond motifs is 1. The van der Waals surface area contributed by atoms with Crippen molar-refractivity contribution in [2.24, 2.45) is 0 Å². The van der Waals surface area contributed by atoms with Crippen LogP contribution in [0.4, 0.5) is 0 Å². The first-order chi connectivity index (χ1) is 8.99. The first-order valence-electron chi connectivity index (χ1n) is 5.93. The molecule has 0 saturated heterocycles. The van der Waals surface area contributed by atoms with E-state index in [1.165, 1.54) is 0 Å². The molecule has 2 rings (SSSR count). The maximum Gasteiger partial charge on any atom is 0.317 e. The number of likely N-dealkylation sites (N-methyl/N-ethyl adjacent to an activating group) is 1. The predicted molar refractivity (Wildman–Crippen MR) is 75.5 cm³/mol. The molecule has 0 fully saturated rings. The largest absolute Gasteiger partial charge is 0.480 e. The Labute approximate surface area is 116 Å². The normalized spacial score (nSPS) is 11.2. The molecule has 4 nitrogen and oxygen atoms in total. The topological polar surface area (TPSA) is 53.4 Å². The van der Waals surface area contributed by atoms with Crippen molar-refractivity contribution in [3.05, 3.63) is 40.5 Å². The number of pyridine rings is 1. The van der Waals surface area contributed by atoms with Crippen molar-refractivity contribution in [3.63, 3.8) is 0 Å². The van der Waals surface area contributed by atoms with Gasteiger partial charge in [0.1, 0.15) is 0 Å². The van der Waals surface area contributed by atoms with Crippen molar-refractivity contribution in [3.8, 4) is 0 Å². The van der Waals surface area contributed by atoms with Gasteiger partial charge in [0.2, 0.25) is 0 Å². The second-order valence-corrected chi connectivity index (χ2v) is 4.96. The molecule has 0 aliphatic rings. The number of para-hydroxylation sites is 1. The summed E-state index contributed by atoms with van der Waals surface area (Å²) in [7, 11) is 1.73. The van der Waals surface area contributed by atoms with E-state index >= 15 is 0 Å². The highest BCUT2D eigenvalue weighted by molar-refractivity contribution is 6.32. The van der Waals surface area contributed by atoms with Crippen LogP contribution < -0.4 is 0 Å². The van der Waals surface area contributed by atoms with Gasteiger partial charge in [0.15, 0.2) is 0 Å². The fourth-order valence-electron chi connectivity index (χ4n) is 2.06. The molecule has 19 heavy (non-hydrogen) atoms. The molecule has 0 atom stereocenters. The van der Waals surface area contributed by atoms with Crippen molar-refractivity contribution >= 4 is 28.5 Å². The average Bonchev–Trinajstić information content (AvgIpc) is 2.34. The molecule has 0 radical (unpaired) electrons. The Morgan fingerprint density at radius 3 is 2.79 bits per heavy atom. The average molecular weight is 279 g/mol. The maximum atomic E-state index is 10.7. The number of carbonyl (C=O) groups is 1. The van der Waals surface area contributed by atoms with Crippen LogP contribution in [0, 0.1) is 6.92 Å². The Morgan fingerprint density at radius 1 is 1.42 bits per heavy atom. The molecule has 0 spiro atoms. The summed E-state index contributed by atoms with van der Waals surface area (Å²) >= 11 is 6.32. The van der Waals surface area contributed by atoms with Crippen molar-refractivity contribution in [1.82, 2.24) is 9.88 Å². The number of halogens is 1. The number of aliphatic carboxylic acids is 1. The Hall–Kier alpha value is -1.65. The molecule has 0 amide bonds. The van der Waals surface area contributed by atoms with Crippen molar-refractivity contribution < 1.29 is 9.90 Å². The number of carboxylic acid groups (broad SMARTS) is 1. The summed E-state index contributed by atoms with van der Waals surface area (Å²) in [6.45, 7) is 2.33. The summed E-state index contributed by atoms with van der Waals surface area (Å²) in [6, 6.07) is 7.78. The minimum absolute atomic E-state index is 0.0378. The molecule has 0 saturated carbocycles. The van der Waals surface area contributed by atoms with Crippen molar-refractivity contribution in [2.75, 3.05) is 13.6 Å². The van der Waals surface area contributed by atoms with E-state index < -0.39 is 5.97 Å².